The van der Waals surface area contributed by atoms with E-state index in [0.717, 1.165) is 38.4 Å². The Morgan fingerprint density at radius 3 is 2.65 bits per heavy atom. The molecule has 23 heavy (non-hydrogen) atoms. The lowest BCUT2D eigenvalue weighted by Crippen LogP contribution is -2.41. The zero-order valence-corrected chi connectivity index (χ0v) is 14.1. The van der Waals surface area contributed by atoms with Crippen LogP contribution in [0.2, 0.25) is 5.02 Å². The molecule has 3 rings (SSSR count). The summed E-state index contributed by atoms with van der Waals surface area (Å²) in [4.78, 5) is 14.1. The molecule has 2 aliphatic heterocycles. The molecule has 2 heterocycles. The van der Waals surface area contributed by atoms with Crippen LogP contribution in [-0.2, 0) is 9.47 Å². The molecule has 6 nitrogen and oxygen atoms in total. The standard InChI is InChI=1S/C15H18ClN3O3.ClH/c16-13-3-1-12(2-4-13)9-17-19-11-14(22-15(19)20)10-18-5-7-21-8-6-18;/h1-4,9,14H,5-8,10-11H2;1H. The predicted molar refractivity (Wildman–Crippen MR) is 90.5 cm³/mol. The Hall–Kier alpha value is -1.34. The second kappa shape index (κ2) is 8.49. The normalized spacial score (nSPS) is 22.2. The van der Waals surface area contributed by atoms with Crippen LogP contribution in [0.5, 0.6) is 0 Å². The number of carbonyl (C=O) groups excluding carboxylic acids is 1. The van der Waals surface area contributed by atoms with E-state index in [2.05, 4.69) is 10.0 Å². The highest BCUT2D eigenvalue weighted by Gasteiger charge is 2.32. The molecule has 0 N–H and O–H groups in total. The van der Waals surface area contributed by atoms with Gasteiger partial charge in [-0.05, 0) is 17.7 Å². The van der Waals surface area contributed by atoms with Crippen LogP contribution >= 0.6 is 24.0 Å². The Bertz CT molecular complexity index is 547. The lowest BCUT2D eigenvalue weighted by atomic mass is 10.2. The van der Waals surface area contributed by atoms with Crippen molar-refractivity contribution >= 4 is 36.3 Å². The summed E-state index contributed by atoms with van der Waals surface area (Å²) in [6.07, 6.45) is 1.09. The number of ether oxygens (including phenoxy) is 2. The highest BCUT2D eigenvalue weighted by atomic mass is 35.5. The van der Waals surface area contributed by atoms with Crippen molar-refractivity contribution in [1.82, 2.24) is 9.91 Å². The van der Waals surface area contributed by atoms with Gasteiger partial charge in [0.25, 0.3) is 0 Å². The number of nitrogens with zero attached hydrogens (tertiary/aromatic N) is 3. The Kier molecular flexibility index (Phi) is 6.65. The van der Waals surface area contributed by atoms with E-state index in [1.165, 1.54) is 5.01 Å². The second-order valence-electron chi connectivity index (χ2n) is 5.30. The maximum absolute atomic E-state index is 11.8. The van der Waals surface area contributed by atoms with Crippen LogP contribution in [0.25, 0.3) is 0 Å². The molecule has 8 heteroatoms. The predicted octanol–water partition coefficient (Wildman–Crippen LogP) is 2.25. The molecule has 1 amide bonds. The van der Waals surface area contributed by atoms with Crippen LogP contribution in [0.4, 0.5) is 4.79 Å². The molecule has 1 unspecified atom stereocenters. The van der Waals surface area contributed by atoms with E-state index >= 15 is 0 Å². The fourth-order valence-corrected chi connectivity index (χ4v) is 2.58. The molecule has 0 aliphatic carbocycles. The first-order chi connectivity index (χ1) is 10.7. The van der Waals surface area contributed by atoms with Crippen molar-refractivity contribution < 1.29 is 14.3 Å². The molecule has 126 valence electrons. The van der Waals surface area contributed by atoms with Gasteiger partial charge in [0.2, 0.25) is 0 Å². The van der Waals surface area contributed by atoms with Gasteiger partial charge in [-0.15, -0.1) is 12.4 Å². The van der Waals surface area contributed by atoms with Crippen molar-refractivity contribution in [3.05, 3.63) is 34.9 Å². The van der Waals surface area contributed by atoms with Gasteiger partial charge in [0.05, 0.1) is 26.0 Å². The van der Waals surface area contributed by atoms with Gasteiger partial charge in [0.1, 0.15) is 6.10 Å². The first kappa shape index (κ1) is 18.0. The summed E-state index contributed by atoms with van der Waals surface area (Å²) in [6, 6.07) is 7.26. The van der Waals surface area contributed by atoms with E-state index < -0.39 is 6.09 Å². The Morgan fingerprint density at radius 1 is 1.26 bits per heavy atom. The molecule has 0 bridgehead atoms. The van der Waals surface area contributed by atoms with Gasteiger partial charge in [0, 0.05) is 24.7 Å². The molecule has 1 atom stereocenters. The minimum Gasteiger partial charge on any atom is -0.441 e. The van der Waals surface area contributed by atoms with Crippen LogP contribution < -0.4 is 0 Å². The molecule has 1 aromatic rings. The fourth-order valence-electron chi connectivity index (χ4n) is 2.45. The number of morpholine rings is 1. The van der Waals surface area contributed by atoms with Crippen LogP contribution in [0.3, 0.4) is 0 Å². The zero-order chi connectivity index (χ0) is 15.4. The summed E-state index contributed by atoms with van der Waals surface area (Å²) >= 11 is 5.83. The maximum Gasteiger partial charge on any atom is 0.430 e. The van der Waals surface area contributed by atoms with E-state index in [9.17, 15) is 4.79 Å². The second-order valence-corrected chi connectivity index (χ2v) is 5.73. The Balaban J connectivity index is 0.00000192. The third-order valence-corrected chi connectivity index (χ3v) is 3.89. The van der Waals surface area contributed by atoms with Crippen molar-refractivity contribution in [2.75, 3.05) is 39.4 Å². The van der Waals surface area contributed by atoms with E-state index in [1.54, 1.807) is 18.3 Å². The number of hydrogen-bond acceptors (Lipinski definition) is 5. The number of hydrogen-bond donors (Lipinski definition) is 0. The minimum absolute atomic E-state index is 0. The van der Waals surface area contributed by atoms with Crippen LogP contribution in [0.1, 0.15) is 5.56 Å². The average Bonchev–Trinajstić information content (AvgIpc) is 2.87. The first-order valence-electron chi connectivity index (χ1n) is 7.28. The first-order valence-corrected chi connectivity index (χ1v) is 7.66. The van der Waals surface area contributed by atoms with Gasteiger partial charge >= 0.3 is 6.09 Å². The summed E-state index contributed by atoms with van der Waals surface area (Å²) in [6.45, 7) is 4.42. The number of halogens is 2. The summed E-state index contributed by atoms with van der Waals surface area (Å²) in [5.41, 5.74) is 0.883. The third-order valence-electron chi connectivity index (χ3n) is 3.64. The molecule has 0 spiro atoms. The van der Waals surface area contributed by atoms with Gasteiger partial charge in [0.15, 0.2) is 0 Å². The quantitative estimate of drug-likeness (QED) is 0.773. The minimum atomic E-state index is -0.400. The molecule has 2 saturated heterocycles. The van der Waals surface area contributed by atoms with Crippen LogP contribution in [-0.4, -0.2) is 67.7 Å². The van der Waals surface area contributed by atoms with E-state index in [-0.39, 0.29) is 18.5 Å². The highest BCUT2D eigenvalue weighted by Crippen LogP contribution is 2.14. The molecule has 0 radical (unpaired) electrons. The number of hydrazone groups is 1. The van der Waals surface area contributed by atoms with Gasteiger partial charge in [-0.3, -0.25) is 4.90 Å². The molecule has 0 saturated carbocycles. The largest absolute Gasteiger partial charge is 0.441 e. The average molecular weight is 360 g/mol. The topological polar surface area (TPSA) is 54.4 Å². The van der Waals surface area contributed by atoms with Crippen LogP contribution in [0.15, 0.2) is 29.4 Å². The number of carbonyl (C=O) groups is 1. The molecular weight excluding hydrogens is 341 g/mol. The summed E-state index contributed by atoms with van der Waals surface area (Å²) in [7, 11) is 0. The Morgan fingerprint density at radius 2 is 1.96 bits per heavy atom. The lowest BCUT2D eigenvalue weighted by molar-refractivity contribution is 0.0188. The molecule has 0 aromatic heterocycles. The van der Waals surface area contributed by atoms with Gasteiger partial charge in [-0.25, -0.2) is 4.79 Å². The monoisotopic (exact) mass is 359 g/mol. The zero-order valence-electron chi connectivity index (χ0n) is 12.6. The molecule has 1 aromatic carbocycles. The third kappa shape index (κ3) is 5.07. The van der Waals surface area contributed by atoms with Crippen molar-refractivity contribution in [2.24, 2.45) is 5.10 Å². The van der Waals surface area contributed by atoms with Crippen molar-refractivity contribution in [1.29, 1.82) is 0 Å². The SMILES string of the molecule is Cl.O=C1OC(CN2CCOCC2)CN1N=Cc1ccc(Cl)cc1. The van der Waals surface area contributed by atoms with Crippen LogP contribution in [0, 0.1) is 0 Å². The molecule has 2 aliphatic rings. The molecule has 2 fully saturated rings. The maximum atomic E-state index is 11.8. The Labute approximate surface area is 146 Å². The number of rotatable bonds is 4. The fraction of sp³-hybridized carbons (Fsp3) is 0.467. The van der Waals surface area contributed by atoms with Gasteiger partial charge in [-0.1, -0.05) is 23.7 Å². The van der Waals surface area contributed by atoms with E-state index in [0.29, 0.717) is 11.6 Å². The van der Waals surface area contributed by atoms with Gasteiger partial charge < -0.3 is 9.47 Å². The lowest BCUT2D eigenvalue weighted by Gasteiger charge is -2.27. The molecular formula is C15H19Cl2N3O3. The summed E-state index contributed by atoms with van der Waals surface area (Å²) in [5, 5.41) is 6.23. The van der Waals surface area contributed by atoms with Crippen molar-refractivity contribution in [3.8, 4) is 0 Å². The van der Waals surface area contributed by atoms with E-state index in [1.807, 2.05) is 12.1 Å². The number of benzene rings is 1. The smallest absolute Gasteiger partial charge is 0.430 e. The summed E-state index contributed by atoms with van der Waals surface area (Å²) in [5.74, 6) is 0. The number of amides is 1. The van der Waals surface area contributed by atoms with E-state index in [4.69, 9.17) is 21.1 Å². The van der Waals surface area contributed by atoms with Gasteiger partial charge in [-0.2, -0.15) is 10.1 Å². The van der Waals surface area contributed by atoms with Crippen molar-refractivity contribution in [2.45, 2.75) is 6.10 Å². The summed E-state index contributed by atoms with van der Waals surface area (Å²) < 4.78 is 10.7. The highest BCUT2D eigenvalue weighted by molar-refractivity contribution is 6.30. The number of cyclic esters (lactones) is 1. The van der Waals surface area contributed by atoms with Crippen molar-refractivity contribution in [3.63, 3.8) is 0 Å².